The molecule has 1 aromatic carbocycles. The molecule has 0 unspecified atom stereocenters. The summed E-state index contributed by atoms with van der Waals surface area (Å²) in [5, 5.41) is 0. The first-order chi connectivity index (χ1) is 8.01. The summed E-state index contributed by atoms with van der Waals surface area (Å²) in [6.45, 7) is 2.58. The van der Waals surface area contributed by atoms with E-state index < -0.39 is 10.0 Å². The number of rotatable bonds is 3. The van der Waals surface area contributed by atoms with Gasteiger partial charge in [0.1, 0.15) is 0 Å². The van der Waals surface area contributed by atoms with Crippen LogP contribution in [-0.2, 0) is 10.0 Å². The monoisotopic (exact) mass is 253 g/mol. The van der Waals surface area contributed by atoms with Gasteiger partial charge >= 0.3 is 0 Å². The second kappa shape index (κ2) is 4.58. The number of hydrogen-bond acceptors (Lipinski definition) is 3. The van der Waals surface area contributed by atoms with Gasteiger partial charge in [-0.3, -0.25) is 4.79 Å². The second-order valence-electron chi connectivity index (χ2n) is 4.20. The number of carbonyl (C=O) groups is 1. The van der Waals surface area contributed by atoms with Gasteiger partial charge < -0.3 is 0 Å². The van der Waals surface area contributed by atoms with Crippen molar-refractivity contribution in [3.8, 4) is 0 Å². The van der Waals surface area contributed by atoms with Crippen LogP contribution in [-0.4, -0.2) is 31.6 Å². The fourth-order valence-corrected chi connectivity index (χ4v) is 3.52. The molecule has 1 heterocycles. The number of benzene rings is 1. The summed E-state index contributed by atoms with van der Waals surface area (Å²) in [5.41, 5.74) is 0.435. The van der Waals surface area contributed by atoms with E-state index in [0.717, 1.165) is 12.8 Å². The minimum Gasteiger partial charge on any atom is -0.295 e. The number of ketones is 1. The van der Waals surface area contributed by atoms with Crippen molar-refractivity contribution in [2.75, 3.05) is 13.1 Å². The highest BCUT2D eigenvalue weighted by Crippen LogP contribution is 2.21. The van der Waals surface area contributed by atoms with Crippen LogP contribution >= 0.6 is 0 Å². The van der Waals surface area contributed by atoms with Crippen LogP contribution in [0.15, 0.2) is 29.2 Å². The molecule has 0 N–H and O–H groups in total. The van der Waals surface area contributed by atoms with E-state index >= 15 is 0 Å². The highest BCUT2D eigenvalue weighted by Gasteiger charge is 2.27. The summed E-state index contributed by atoms with van der Waals surface area (Å²) in [7, 11) is -3.41. The number of hydrogen-bond donors (Lipinski definition) is 0. The predicted molar refractivity (Wildman–Crippen MR) is 64.4 cm³/mol. The molecule has 1 aliphatic heterocycles. The van der Waals surface area contributed by atoms with Gasteiger partial charge in [-0.05, 0) is 31.9 Å². The van der Waals surface area contributed by atoms with Crippen molar-refractivity contribution in [1.82, 2.24) is 4.31 Å². The molecule has 17 heavy (non-hydrogen) atoms. The zero-order valence-electron chi connectivity index (χ0n) is 9.72. The van der Waals surface area contributed by atoms with E-state index in [4.69, 9.17) is 0 Å². The summed E-state index contributed by atoms with van der Waals surface area (Å²) in [6.07, 6.45) is 1.82. The van der Waals surface area contributed by atoms with Gasteiger partial charge in [-0.2, -0.15) is 4.31 Å². The third kappa shape index (κ3) is 2.40. The van der Waals surface area contributed by atoms with Gasteiger partial charge in [0.05, 0.1) is 4.90 Å². The molecular weight excluding hydrogens is 238 g/mol. The van der Waals surface area contributed by atoms with Crippen LogP contribution in [0, 0.1) is 0 Å². The van der Waals surface area contributed by atoms with Crippen molar-refractivity contribution in [3.05, 3.63) is 29.8 Å². The summed E-state index contributed by atoms with van der Waals surface area (Å²) in [5.74, 6) is -0.122. The Morgan fingerprint density at radius 3 is 2.47 bits per heavy atom. The average Bonchev–Trinajstić information content (AvgIpc) is 2.83. The molecule has 0 saturated carbocycles. The van der Waals surface area contributed by atoms with Crippen LogP contribution in [0.5, 0.6) is 0 Å². The molecule has 1 fully saturated rings. The Labute approximate surface area is 101 Å². The first-order valence-corrected chi connectivity index (χ1v) is 7.07. The van der Waals surface area contributed by atoms with Gasteiger partial charge in [0.15, 0.2) is 5.78 Å². The molecule has 2 rings (SSSR count). The number of sulfonamides is 1. The molecule has 0 radical (unpaired) electrons. The maximum Gasteiger partial charge on any atom is 0.243 e. The lowest BCUT2D eigenvalue weighted by Crippen LogP contribution is -2.27. The molecular formula is C12H15NO3S. The Balaban J connectivity index is 2.39. The zero-order valence-corrected chi connectivity index (χ0v) is 10.5. The molecule has 0 aromatic heterocycles. The fourth-order valence-electron chi connectivity index (χ4n) is 1.95. The van der Waals surface area contributed by atoms with E-state index in [1.807, 2.05) is 0 Å². The molecule has 0 amide bonds. The third-order valence-corrected chi connectivity index (χ3v) is 4.84. The van der Waals surface area contributed by atoms with E-state index in [1.165, 1.54) is 17.3 Å². The normalized spacial score (nSPS) is 17.2. The SMILES string of the molecule is CC(=O)c1cccc(S(=O)(=O)N2CCCC2)c1. The lowest BCUT2D eigenvalue weighted by atomic mass is 10.2. The van der Waals surface area contributed by atoms with Crippen molar-refractivity contribution in [1.29, 1.82) is 0 Å². The third-order valence-electron chi connectivity index (χ3n) is 2.94. The van der Waals surface area contributed by atoms with Crippen LogP contribution in [0.1, 0.15) is 30.1 Å². The first-order valence-electron chi connectivity index (χ1n) is 5.63. The van der Waals surface area contributed by atoms with Gasteiger partial charge in [-0.25, -0.2) is 8.42 Å². The van der Waals surface area contributed by atoms with E-state index in [0.29, 0.717) is 18.7 Å². The van der Waals surface area contributed by atoms with E-state index in [9.17, 15) is 13.2 Å². The van der Waals surface area contributed by atoms with Crippen LogP contribution in [0.2, 0.25) is 0 Å². The molecule has 1 saturated heterocycles. The van der Waals surface area contributed by atoms with Crippen molar-refractivity contribution in [2.45, 2.75) is 24.7 Å². The van der Waals surface area contributed by atoms with Gasteiger partial charge in [0, 0.05) is 18.7 Å². The molecule has 0 bridgehead atoms. The Bertz CT molecular complexity index is 530. The number of carbonyl (C=O) groups excluding carboxylic acids is 1. The van der Waals surface area contributed by atoms with Crippen molar-refractivity contribution in [3.63, 3.8) is 0 Å². The van der Waals surface area contributed by atoms with Crippen LogP contribution < -0.4 is 0 Å². The molecule has 5 heteroatoms. The topological polar surface area (TPSA) is 54.5 Å². The standard InChI is InChI=1S/C12H15NO3S/c1-10(14)11-5-4-6-12(9-11)17(15,16)13-7-2-3-8-13/h4-6,9H,2-3,7-8H2,1H3. The molecule has 0 atom stereocenters. The summed E-state index contributed by atoms with van der Waals surface area (Å²) < 4.78 is 25.9. The Kier molecular flexibility index (Phi) is 3.31. The molecule has 0 spiro atoms. The summed E-state index contributed by atoms with van der Waals surface area (Å²) >= 11 is 0. The van der Waals surface area contributed by atoms with Crippen molar-refractivity contribution >= 4 is 15.8 Å². The minimum atomic E-state index is -3.41. The fraction of sp³-hybridized carbons (Fsp3) is 0.417. The molecule has 92 valence electrons. The quantitative estimate of drug-likeness (QED) is 0.770. The minimum absolute atomic E-state index is 0.122. The predicted octanol–water partition coefficient (Wildman–Crippen LogP) is 1.67. The number of nitrogens with zero attached hydrogens (tertiary/aromatic N) is 1. The van der Waals surface area contributed by atoms with Gasteiger partial charge in [0.2, 0.25) is 10.0 Å². The Morgan fingerprint density at radius 2 is 1.88 bits per heavy atom. The number of Topliss-reactive ketones (excluding diaryl/α,β-unsaturated/α-hetero) is 1. The first kappa shape index (κ1) is 12.3. The second-order valence-corrected chi connectivity index (χ2v) is 6.13. The average molecular weight is 253 g/mol. The molecule has 0 aliphatic carbocycles. The lowest BCUT2D eigenvalue weighted by molar-refractivity contribution is 0.101. The molecule has 4 nitrogen and oxygen atoms in total. The zero-order chi connectivity index (χ0) is 12.5. The van der Waals surface area contributed by atoms with Gasteiger partial charge in [-0.1, -0.05) is 12.1 Å². The van der Waals surface area contributed by atoms with E-state index in [1.54, 1.807) is 18.2 Å². The summed E-state index contributed by atoms with van der Waals surface area (Å²) in [4.78, 5) is 11.5. The van der Waals surface area contributed by atoms with E-state index in [2.05, 4.69) is 0 Å². The van der Waals surface area contributed by atoms with Crippen LogP contribution in [0.4, 0.5) is 0 Å². The smallest absolute Gasteiger partial charge is 0.243 e. The summed E-state index contributed by atoms with van der Waals surface area (Å²) in [6, 6.07) is 6.24. The van der Waals surface area contributed by atoms with Crippen LogP contribution in [0.3, 0.4) is 0 Å². The van der Waals surface area contributed by atoms with Gasteiger partial charge in [-0.15, -0.1) is 0 Å². The van der Waals surface area contributed by atoms with Crippen molar-refractivity contribution < 1.29 is 13.2 Å². The van der Waals surface area contributed by atoms with Crippen LogP contribution in [0.25, 0.3) is 0 Å². The molecule has 1 aromatic rings. The maximum absolute atomic E-state index is 12.2. The largest absolute Gasteiger partial charge is 0.295 e. The van der Waals surface area contributed by atoms with Crippen molar-refractivity contribution in [2.24, 2.45) is 0 Å². The maximum atomic E-state index is 12.2. The Morgan fingerprint density at radius 1 is 1.24 bits per heavy atom. The van der Waals surface area contributed by atoms with Gasteiger partial charge in [0.25, 0.3) is 0 Å². The van der Waals surface area contributed by atoms with E-state index in [-0.39, 0.29) is 10.7 Å². The highest BCUT2D eigenvalue weighted by atomic mass is 32.2. The lowest BCUT2D eigenvalue weighted by Gasteiger charge is -2.15. The molecule has 1 aliphatic rings. The Hall–Kier alpha value is -1.20. The highest BCUT2D eigenvalue weighted by molar-refractivity contribution is 7.89.